The summed E-state index contributed by atoms with van der Waals surface area (Å²) in [6.07, 6.45) is 1.59. The third kappa shape index (κ3) is 4.29. The van der Waals surface area contributed by atoms with Crippen molar-refractivity contribution in [2.75, 3.05) is 12.3 Å². The van der Waals surface area contributed by atoms with Crippen LogP contribution in [-0.2, 0) is 6.42 Å². The lowest BCUT2D eigenvalue weighted by atomic mass is 10.2. The minimum atomic E-state index is -0.0655. The maximum atomic E-state index is 11.8. The molecular formula is C12H13BrN4OS. The molecule has 0 saturated heterocycles. The molecule has 0 saturated carbocycles. The molecule has 19 heavy (non-hydrogen) atoms. The number of anilines is 1. The van der Waals surface area contributed by atoms with E-state index in [1.165, 1.54) is 11.3 Å². The van der Waals surface area contributed by atoms with Crippen molar-refractivity contribution in [3.05, 3.63) is 39.3 Å². The Kier molecular flexibility index (Phi) is 4.86. The van der Waals surface area contributed by atoms with Crippen LogP contribution in [0.5, 0.6) is 0 Å². The molecule has 5 nitrogen and oxygen atoms in total. The van der Waals surface area contributed by atoms with Gasteiger partial charge >= 0.3 is 0 Å². The number of carbonyl (C=O) groups is 1. The Balaban J connectivity index is 1.73. The minimum Gasteiger partial charge on any atom is -0.374 e. The summed E-state index contributed by atoms with van der Waals surface area (Å²) in [7, 11) is 0. The van der Waals surface area contributed by atoms with Crippen molar-refractivity contribution in [2.24, 2.45) is 0 Å². The van der Waals surface area contributed by atoms with E-state index in [1.54, 1.807) is 12.1 Å². The molecule has 0 fully saturated rings. The van der Waals surface area contributed by atoms with Crippen LogP contribution in [0.25, 0.3) is 0 Å². The van der Waals surface area contributed by atoms with Crippen molar-refractivity contribution >= 4 is 38.3 Å². The number of amides is 1. The Bertz CT molecular complexity index is 555. The maximum Gasteiger partial charge on any atom is 0.251 e. The van der Waals surface area contributed by atoms with Crippen molar-refractivity contribution in [2.45, 2.75) is 12.8 Å². The van der Waals surface area contributed by atoms with Crippen LogP contribution < -0.4 is 11.1 Å². The predicted molar refractivity (Wildman–Crippen MR) is 79.1 cm³/mol. The van der Waals surface area contributed by atoms with Crippen LogP contribution in [-0.4, -0.2) is 22.6 Å². The third-order valence-electron chi connectivity index (χ3n) is 2.44. The predicted octanol–water partition coefficient (Wildman–Crippen LogP) is 2.25. The summed E-state index contributed by atoms with van der Waals surface area (Å²) in [6, 6.07) is 7.26. The van der Waals surface area contributed by atoms with Crippen LogP contribution in [0.3, 0.4) is 0 Å². The van der Waals surface area contributed by atoms with Gasteiger partial charge in [-0.15, -0.1) is 10.2 Å². The lowest BCUT2D eigenvalue weighted by molar-refractivity contribution is 0.0953. The zero-order valence-corrected chi connectivity index (χ0v) is 12.5. The molecule has 3 N–H and O–H groups in total. The molecule has 7 heteroatoms. The number of hydrogen-bond donors (Lipinski definition) is 2. The molecule has 2 aromatic rings. The smallest absolute Gasteiger partial charge is 0.251 e. The first-order chi connectivity index (χ1) is 9.15. The fraction of sp³-hybridized carbons (Fsp3) is 0.250. The van der Waals surface area contributed by atoms with Gasteiger partial charge in [-0.05, 0) is 30.7 Å². The van der Waals surface area contributed by atoms with E-state index >= 15 is 0 Å². The van der Waals surface area contributed by atoms with E-state index < -0.39 is 0 Å². The Labute approximate surface area is 123 Å². The molecule has 100 valence electrons. The first-order valence-corrected chi connectivity index (χ1v) is 7.38. The first-order valence-electron chi connectivity index (χ1n) is 5.77. The molecule has 2 rings (SSSR count). The van der Waals surface area contributed by atoms with Crippen molar-refractivity contribution in [1.29, 1.82) is 0 Å². The number of rotatable bonds is 5. The van der Waals surface area contributed by atoms with Crippen LogP contribution >= 0.6 is 27.3 Å². The van der Waals surface area contributed by atoms with Gasteiger partial charge in [-0.25, -0.2) is 0 Å². The van der Waals surface area contributed by atoms with Gasteiger partial charge in [0.15, 0.2) is 0 Å². The molecule has 0 unspecified atom stereocenters. The van der Waals surface area contributed by atoms with Gasteiger partial charge in [-0.1, -0.05) is 27.3 Å². The molecule has 0 aliphatic heterocycles. The minimum absolute atomic E-state index is 0.0655. The number of aryl methyl sites for hydroxylation is 1. The second-order valence-electron chi connectivity index (χ2n) is 3.90. The number of carbonyl (C=O) groups excluding carboxylic acids is 1. The van der Waals surface area contributed by atoms with Crippen molar-refractivity contribution in [1.82, 2.24) is 15.5 Å². The Morgan fingerprint density at radius 2 is 2.05 bits per heavy atom. The van der Waals surface area contributed by atoms with Crippen LogP contribution in [0.4, 0.5) is 5.13 Å². The number of nitrogens with one attached hydrogen (secondary N) is 1. The lowest BCUT2D eigenvalue weighted by Crippen LogP contribution is -2.24. The van der Waals surface area contributed by atoms with Gasteiger partial charge in [0.1, 0.15) is 5.01 Å². The normalized spacial score (nSPS) is 10.4. The number of nitrogen functional groups attached to an aromatic ring is 1. The zero-order chi connectivity index (χ0) is 13.7. The van der Waals surface area contributed by atoms with Crippen LogP contribution in [0, 0.1) is 0 Å². The highest BCUT2D eigenvalue weighted by Crippen LogP contribution is 2.12. The molecular weight excluding hydrogens is 328 g/mol. The SMILES string of the molecule is Nc1nnc(CCCNC(=O)c2ccc(Br)cc2)s1. The second-order valence-corrected chi connectivity index (χ2v) is 5.91. The number of nitrogens with two attached hydrogens (primary N) is 1. The van der Waals surface area contributed by atoms with Gasteiger partial charge in [0.25, 0.3) is 5.91 Å². The van der Waals surface area contributed by atoms with E-state index in [4.69, 9.17) is 5.73 Å². The van der Waals surface area contributed by atoms with E-state index in [9.17, 15) is 4.79 Å². The van der Waals surface area contributed by atoms with Crippen molar-refractivity contribution in [3.8, 4) is 0 Å². The summed E-state index contributed by atoms with van der Waals surface area (Å²) in [6.45, 7) is 0.606. The summed E-state index contributed by atoms with van der Waals surface area (Å²) >= 11 is 4.71. The second kappa shape index (κ2) is 6.63. The fourth-order valence-corrected chi connectivity index (χ4v) is 2.43. The Morgan fingerprint density at radius 3 is 2.68 bits per heavy atom. The van der Waals surface area contributed by atoms with E-state index in [0.717, 1.165) is 22.3 Å². The highest BCUT2D eigenvalue weighted by Gasteiger charge is 2.05. The van der Waals surface area contributed by atoms with Gasteiger partial charge in [0, 0.05) is 23.0 Å². The standard InChI is InChI=1S/C12H13BrN4OS/c13-9-5-3-8(4-6-9)11(18)15-7-1-2-10-16-17-12(14)19-10/h3-6H,1-2,7H2,(H2,14,17)(H,15,18). The monoisotopic (exact) mass is 340 g/mol. The van der Waals surface area contributed by atoms with Crippen molar-refractivity contribution in [3.63, 3.8) is 0 Å². The average molecular weight is 341 g/mol. The molecule has 1 aromatic heterocycles. The highest BCUT2D eigenvalue weighted by atomic mass is 79.9. The Hall–Kier alpha value is -1.47. The van der Waals surface area contributed by atoms with E-state index in [1.807, 2.05) is 12.1 Å². The van der Waals surface area contributed by atoms with E-state index in [-0.39, 0.29) is 5.91 Å². The number of nitrogens with zero attached hydrogens (tertiary/aromatic N) is 2. The highest BCUT2D eigenvalue weighted by molar-refractivity contribution is 9.10. The Morgan fingerprint density at radius 1 is 1.32 bits per heavy atom. The van der Waals surface area contributed by atoms with Crippen LogP contribution in [0.2, 0.25) is 0 Å². The molecule has 0 aliphatic rings. The molecule has 0 bridgehead atoms. The van der Waals surface area contributed by atoms with E-state index in [2.05, 4.69) is 31.4 Å². The van der Waals surface area contributed by atoms with Gasteiger partial charge < -0.3 is 11.1 Å². The molecule has 0 spiro atoms. The molecule has 1 amide bonds. The average Bonchev–Trinajstić information content (AvgIpc) is 2.81. The van der Waals surface area contributed by atoms with Gasteiger partial charge in [-0.2, -0.15) is 0 Å². The summed E-state index contributed by atoms with van der Waals surface area (Å²) in [4.78, 5) is 11.8. The number of benzene rings is 1. The summed E-state index contributed by atoms with van der Waals surface area (Å²) in [5, 5.41) is 11.9. The topological polar surface area (TPSA) is 80.9 Å². The molecule has 0 aliphatic carbocycles. The van der Waals surface area contributed by atoms with Gasteiger partial charge in [0.05, 0.1) is 0 Å². The maximum absolute atomic E-state index is 11.8. The molecule has 0 atom stereocenters. The number of aromatic nitrogens is 2. The zero-order valence-electron chi connectivity index (χ0n) is 10.1. The largest absolute Gasteiger partial charge is 0.374 e. The van der Waals surface area contributed by atoms with Gasteiger partial charge in [-0.3, -0.25) is 4.79 Å². The molecule has 1 heterocycles. The van der Waals surface area contributed by atoms with Crippen molar-refractivity contribution < 1.29 is 4.79 Å². The van der Waals surface area contributed by atoms with Crippen LogP contribution in [0.15, 0.2) is 28.7 Å². The number of halogens is 1. The summed E-state index contributed by atoms with van der Waals surface area (Å²) in [5.74, 6) is -0.0655. The number of hydrogen-bond acceptors (Lipinski definition) is 5. The quantitative estimate of drug-likeness (QED) is 0.818. The first kappa shape index (κ1) is 14.0. The molecule has 1 aromatic carbocycles. The van der Waals surface area contributed by atoms with Crippen LogP contribution in [0.1, 0.15) is 21.8 Å². The fourth-order valence-electron chi connectivity index (χ4n) is 1.51. The summed E-state index contributed by atoms with van der Waals surface area (Å²) in [5.41, 5.74) is 6.15. The third-order valence-corrected chi connectivity index (χ3v) is 3.78. The molecule has 0 radical (unpaired) electrons. The van der Waals surface area contributed by atoms with Gasteiger partial charge in [0.2, 0.25) is 5.13 Å². The lowest BCUT2D eigenvalue weighted by Gasteiger charge is -2.04. The summed E-state index contributed by atoms with van der Waals surface area (Å²) < 4.78 is 0.956. The van der Waals surface area contributed by atoms with E-state index in [0.29, 0.717) is 17.2 Å².